The number of hydrogen-bond donors (Lipinski definition) is 0. The smallest absolute Gasteiger partial charge is 0.110 e. The minimum atomic E-state index is 0.956. The van der Waals surface area contributed by atoms with Gasteiger partial charge in [-0.2, -0.15) is 5.10 Å². The van der Waals surface area contributed by atoms with E-state index in [9.17, 15) is 0 Å². The molecule has 0 spiro atoms. The van der Waals surface area contributed by atoms with Gasteiger partial charge in [-0.15, -0.1) is 0 Å². The highest BCUT2D eigenvalue weighted by molar-refractivity contribution is 5.25. The van der Waals surface area contributed by atoms with Gasteiger partial charge in [-0.05, 0) is 18.9 Å². The zero-order chi connectivity index (χ0) is 6.69. The average Bonchev–Trinajstić information content (AvgIpc) is 2.18. The van der Waals surface area contributed by atoms with E-state index in [2.05, 4.69) is 16.9 Å². The van der Waals surface area contributed by atoms with Crippen molar-refractivity contribution in [2.45, 2.75) is 6.92 Å². The molecule has 2 heteroatoms. The number of aromatic nitrogens is 2. The summed E-state index contributed by atoms with van der Waals surface area (Å²) in [5.74, 6) is 5.71. The van der Waals surface area contributed by atoms with E-state index >= 15 is 0 Å². The van der Waals surface area contributed by atoms with Crippen molar-refractivity contribution < 1.29 is 0 Å². The molecular weight excluding hydrogens is 112 g/mol. The second kappa shape index (κ2) is 2.36. The van der Waals surface area contributed by atoms with Crippen LogP contribution in [0, 0.1) is 11.8 Å². The van der Waals surface area contributed by atoms with Crippen molar-refractivity contribution in [2.24, 2.45) is 7.05 Å². The van der Waals surface area contributed by atoms with Gasteiger partial charge in [0.15, 0.2) is 0 Å². The molecule has 0 radical (unpaired) electrons. The van der Waals surface area contributed by atoms with E-state index in [1.807, 2.05) is 20.0 Å². The van der Waals surface area contributed by atoms with Crippen molar-refractivity contribution in [3.8, 4) is 11.8 Å². The van der Waals surface area contributed by atoms with Gasteiger partial charge in [0.05, 0.1) is 6.20 Å². The van der Waals surface area contributed by atoms with Gasteiger partial charge >= 0.3 is 0 Å². The Balaban J connectivity index is 3.03. The molecule has 1 heterocycles. The van der Waals surface area contributed by atoms with E-state index < -0.39 is 0 Å². The Hall–Kier alpha value is -1.23. The fraction of sp³-hybridized carbons (Fsp3) is 0.286. The van der Waals surface area contributed by atoms with E-state index in [0.717, 1.165) is 5.69 Å². The summed E-state index contributed by atoms with van der Waals surface area (Å²) in [5, 5.41) is 3.95. The molecule has 0 saturated carbocycles. The first-order valence-corrected chi connectivity index (χ1v) is 2.75. The van der Waals surface area contributed by atoms with Crippen LogP contribution >= 0.6 is 0 Å². The molecule has 0 bridgehead atoms. The van der Waals surface area contributed by atoms with Crippen molar-refractivity contribution in [3.05, 3.63) is 18.0 Å². The van der Waals surface area contributed by atoms with Gasteiger partial charge in [-0.25, -0.2) is 0 Å². The lowest BCUT2D eigenvalue weighted by Crippen LogP contribution is -1.92. The molecule has 0 amide bonds. The molecule has 0 aromatic carbocycles. The Morgan fingerprint density at radius 3 is 2.89 bits per heavy atom. The lowest BCUT2D eigenvalue weighted by Gasteiger charge is -1.87. The SMILES string of the molecule is CC#Cc1ccnn1C. The van der Waals surface area contributed by atoms with E-state index in [-0.39, 0.29) is 0 Å². The maximum atomic E-state index is 3.95. The Bertz CT molecular complexity index is 249. The molecule has 0 unspecified atom stereocenters. The molecule has 9 heavy (non-hydrogen) atoms. The Labute approximate surface area is 54.5 Å². The number of rotatable bonds is 0. The van der Waals surface area contributed by atoms with Crippen LogP contribution in [0.25, 0.3) is 0 Å². The summed E-state index contributed by atoms with van der Waals surface area (Å²) in [6.45, 7) is 1.81. The van der Waals surface area contributed by atoms with Crippen LogP contribution in [0.4, 0.5) is 0 Å². The van der Waals surface area contributed by atoms with Gasteiger partial charge in [-0.3, -0.25) is 4.68 Å². The van der Waals surface area contributed by atoms with Crippen LogP contribution < -0.4 is 0 Å². The molecular formula is C7H8N2. The normalized spacial score (nSPS) is 8.22. The molecule has 1 aromatic rings. The molecule has 0 saturated heterocycles. The summed E-state index contributed by atoms with van der Waals surface area (Å²) >= 11 is 0. The van der Waals surface area contributed by atoms with Gasteiger partial charge < -0.3 is 0 Å². The van der Waals surface area contributed by atoms with Crippen LogP contribution in [0.1, 0.15) is 12.6 Å². The second-order valence-electron chi connectivity index (χ2n) is 1.72. The highest BCUT2D eigenvalue weighted by Gasteiger charge is 1.88. The first-order valence-electron chi connectivity index (χ1n) is 2.75. The Morgan fingerprint density at radius 1 is 1.67 bits per heavy atom. The minimum absolute atomic E-state index is 0.956. The van der Waals surface area contributed by atoms with Crippen LogP contribution in [0.15, 0.2) is 12.3 Å². The average molecular weight is 120 g/mol. The van der Waals surface area contributed by atoms with Gasteiger partial charge in [0.1, 0.15) is 5.69 Å². The Morgan fingerprint density at radius 2 is 2.44 bits per heavy atom. The second-order valence-corrected chi connectivity index (χ2v) is 1.72. The van der Waals surface area contributed by atoms with Crippen molar-refractivity contribution in [1.29, 1.82) is 0 Å². The molecule has 1 aromatic heterocycles. The topological polar surface area (TPSA) is 17.8 Å². The summed E-state index contributed by atoms with van der Waals surface area (Å²) in [7, 11) is 1.87. The molecule has 0 aliphatic heterocycles. The van der Waals surface area contributed by atoms with Crippen molar-refractivity contribution in [1.82, 2.24) is 9.78 Å². The fourth-order valence-electron chi connectivity index (χ4n) is 0.625. The summed E-state index contributed by atoms with van der Waals surface area (Å²) in [4.78, 5) is 0. The minimum Gasteiger partial charge on any atom is -0.260 e. The zero-order valence-electron chi connectivity index (χ0n) is 5.55. The quantitative estimate of drug-likeness (QED) is 0.463. The largest absolute Gasteiger partial charge is 0.260 e. The van der Waals surface area contributed by atoms with Crippen molar-refractivity contribution in [3.63, 3.8) is 0 Å². The zero-order valence-corrected chi connectivity index (χ0v) is 5.55. The van der Waals surface area contributed by atoms with E-state index in [4.69, 9.17) is 0 Å². The number of nitrogens with zero attached hydrogens (tertiary/aromatic N) is 2. The van der Waals surface area contributed by atoms with Crippen LogP contribution in [0.2, 0.25) is 0 Å². The van der Waals surface area contributed by atoms with Gasteiger partial charge in [0.25, 0.3) is 0 Å². The molecule has 0 aliphatic rings. The van der Waals surface area contributed by atoms with Crippen LogP contribution in [-0.4, -0.2) is 9.78 Å². The van der Waals surface area contributed by atoms with Gasteiger partial charge in [-0.1, -0.05) is 5.92 Å². The third kappa shape index (κ3) is 1.11. The van der Waals surface area contributed by atoms with Gasteiger partial charge in [0, 0.05) is 7.05 Å². The molecule has 0 aliphatic carbocycles. The third-order valence-corrected chi connectivity index (χ3v) is 1.07. The van der Waals surface area contributed by atoms with Crippen LogP contribution in [-0.2, 0) is 7.05 Å². The lowest BCUT2D eigenvalue weighted by molar-refractivity contribution is 0.757. The fourth-order valence-corrected chi connectivity index (χ4v) is 0.625. The summed E-state index contributed by atoms with van der Waals surface area (Å²) in [6, 6.07) is 1.89. The van der Waals surface area contributed by atoms with E-state index in [0.29, 0.717) is 0 Å². The first kappa shape index (κ1) is 5.90. The summed E-state index contributed by atoms with van der Waals surface area (Å²) < 4.78 is 1.75. The highest BCUT2D eigenvalue weighted by atomic mass is 15.2. The summed E-state index contributed by atoms with van der Waals surface area (Å²) in [5.41, 5.74) is 0.956. The molecule has 1 rings (SSSR count). The Kier molecular flexibility index (Phi) is 1.55. The van der Waals surface area contributed by atoms with Crippen LogP contribution in [0.5, 0.6) is 0 Å². The maximum Gasteiger partial charge on any atom is 0.110 e. The van der Waals surface area contributed by atoms with Crippen LogP contribution in [0.3, 0.4) is 0 Å². The lowest BCUT2D eigenvalue weighted by atomic mass is 10.4. The highest BCUT2D eigenvalue weighted by Crippen LogP contribution is 1.90. The maximum absolute atomic E-state index is 3.95. The van der Waals surface area contributed by atoms with Crippen molar-refractivity contribution in [2.75, 3.05) is 0 Å². The summed E-state index contributed by atoms with van der Waals surface area (Å²) in [6.07, 6.45) is 1.74. The van der Waals surface area contributed by atoms with Gasteiger partial charge in [0.2, 0.25) is 0 Å². The molecule has 2 nitrogen and oxygen atoms in total. The molecule has 0 N–H and O–H groups in total. The molecule has 0 fully saturated rings. The molecule has 0 atom stereocenters. The van der Waals surface area contributed by atoms with E-state index in [1.165, 1.54) is 0 Å². The molecule has 46 valence electrons. The number of aryl methyl sites for hydroxylation is 1. The first-order chi connectivity index (χ1) is 4.34. The predicted octanol–water partition coefficient (Wildman–Crippen LogP) is 0.791. The predicted molar refractivity (Wildman–Crippen MR) is 35.8 cm³/mol. The standard InChI is InChI=1S/C7H8N2/c1-3-4-7-5-6-8-9(7)2/h5-6H,1-2H3. The van der Waals surface area contributed by atoms with Crippen molar-refractivity contribution >= 4 is 0 Å². The third-order valence-electron chi connectivity index (χ3n) is 1.07. The number of hydrogen-bond acceptors (Lipinski definition) is 1. The van der Waals surface area contributed by atoms with E-state index in [1.54, 1.807) is 10.9 Å². The monoisotopic (exact) mass is 120 g/mol.